The first-order valence-electron chi connectivity index (χ1n) is 11.7. The van der Waals surface area contributed by atoms with Crippen LogP contribution in [-0.4, -0.2) is 37.4 Å². The van der Waals surface area contributed by atoms with Crippen molar-refractivity contribution in [3.8, 4) is 0 Å². The number of H-pyrrole nitrogens is 1. The van der Waals surface area contributed by atoms with E-state index in [0.29, 0.717) is 11.4 Å². The summed E-state index contributed by atoms with van der Waals surface area (Å²) in [6, 6.07) is 17.6. The summed E-state index contributed by atoms with van der Waals surface area (Å²) in [6.45, 7) is 2.13. The highest BCUT2D eigenvalue weighted by molar-refractivity contribution is 7.92. The van der Waals surface area contributed by atoms with E-state index in [9.17, 15) is 13.2 Å². The Morgan fingerprint density at radius 3 is 2.54 bits per heavy atom. The van der Waals surface area contributed by atoms with Gasteiger partial charge in [-0.2, -0.15) is 0 Å². The lowest BCUT2D eigenvalue weighted by atomic mass is 10.1. The molecule has 0 bridgehead atoms. The molecule has 5 rings (SSSR count). The molecule has 1 amide bonds. The first kappa shape index (κ1) is 22.9. The number of hydrogen-bond acceptors (Lipinski definition) is 5. The van der Waals surface area contributed by atoms with Gasteiger partial charge in [-0.05, 0) is 61.2 Å². The summed E-state index contributed by atoms with van der Waals surface area (Å²) in [6.07, 6.45) is 6.78. The third kappa shape index (κ3) is 5.14. The Morgan fingerprint density at radius 2 is 1.77 bits per heavy atom. The number of sulfonamides is 1. The lowest BCUT2D eigenvalue weighted by molar-refractivity contribution is 0.0946. The summed E-state index contributed by atoms with van der Waals surface area (Å²) in [4.78, 5) is 22.0. The highest BCUT2D eigenvalue weighted by Crippen LogP contribution is 2.30. The third-order valence-electron chi connectivity index (χ3n) is 6.20. The average molecular weight is 490 g/mol. The second-order valence-corrected chi connectivity index (χ2v) is 10.3. The van der Waals surface area contributed by atoms with Crippen molar-refractivity contribution in [2.24, 2.45) is 0 Å². The SMILES string of the molecule is O=C(NCc1ccc(S(=O)(=O)Nc2ccccc2N2CCCCC2)cc1)c1cc2cnccc2[nH]1. The number of carbonyl (C=O) groups is 1. The van der Waals surface area contributed by atoms with Crippen molar-refractivity contribution < 1.29 is 13.2 Å². The Hall–Kier alpha value is -3.85. The van der Waals surface area contributed by atoms with E-state index in [2.05, 4.69) is 24.9 Å². The molecule has 1 aliphatic heterocycles. The zero-order chi connectivity index (χ0) is 24.3. The van der Waals surface area contributed by atoms with Gasteiger partial charge in [0, 0.05) is 42.9 Å². The number of nitrogens with zero attached hydrogens (tertiary/aromatic N) is 2. The van der Waals surface area contributed by atoms with Crippen LogP contribution in [0.25, 0.3) is 10.9 Å². The summed E-state index contributed by atoms with van der Waals surface area (Å²) in [5, 5.41) is 3.72. The van der Waals surface area contributed by atoms with Crippen molar-refractivity contribution in [2.75, 3.05) is 22.7 Å². The molecular weight excluding hydrogens is 462 g/mol. The first-order chi connectivity index (χ1) is 17.0. The molecule has 8 nitrogen and oxygen atoms in total. The summed E-state index contributed by atoms with van der Waals surface area (Å²) >= 11 is 0. The van der Waals surface area contributed by atoms with Crippen molar-refractivity contribution >= 4 is 38.2 Å². The van der Waals surface area contributed by atoms with E-state index in [-0.39, 0.29) is 17.3 Å². The Labute approximate surface area is 204 Å². The maximum Gasteiger partial charge on any atom is 0.267 e. The molecule has 9 heteroatoms. The van der Waals surface area contributed by atoms with Crippen molar-refractivity contribution in [2.45, 2.75) is 30.7 Å². The maximum absolute atomic E-state index is 13.1. The van der Waals surface area contributed by atoms with Crippen LogP contribution < -0.4 is 14.9 Å². The van der Waals surface area contributed by atoms with E-state index in [0.717, 1.165) is 48.1 Å². The van der Waals surface area contributed by atoms with Crippen LogP contribution in [0.5, 0.6) is 0 Å². The molecule has 0 aliphatic carbocycles. The summed E-state index contributed by atoms with van der Waals surface area (Å²) in [5.74, 6) is -0.242. The standard InChI is InChI=1S/C26H27N5O3S/c32-26(24-16-20-18-27-13-12-22(20)29-24)28-17-19-8-10-21(11-9-19)35(33,34)30-23-6-2-3-7-25(23)31-14-4-1-5-15-31/h2-3,6-13,16,18,29-30H,1,4-5,14-15,17H2,(H,28,32). The molecule has 2 aromatic carbocycles. The number of amides is 1. The monoisotopic (exact) mass is 489 g/mol. The molecule has 3 heterocycles. The highest BCUT2D eigenvalue weighted by atomic mass is 32.2. The molecule has 1 aliphatic rings. The number of piperidine rings is 1. The van der Waals surface area contributed by atoms with Crippen LogP contribution in [0.1, 0.15) is 35.3 Å². The number of benzene rings is 2. The normalized spacial score (nSPS) is 14.1. The lowest BCUT2D eigenvalue weighted by Crippen LogP contribution is -2.30. The first-order valence-corrected chi connectivity index (χ1v) is 13.1. The lowest BCUT2D eigenvalue weighted by Gasteiger charge is -2.30. The van der Waals surface area contributed by atoms with Crippen molar-refractivity contribution in [3.05, 3.63) is 84.3 Å². The number of rotatable bonds is 7. The average Bonchev–Trinajstić information content (AvgIpc) is 3.33. The number of pyridine rings is 1. The second-order valence-electron chi connectivity index (χ2n) is 8.64. The molecule has 0 radical (unpaired) electrons. The minimum absolute atomic E-state index is 0.171. The number of hydrogen-bond donors (Lipinski definition) is 3. The predicted octanol–water partition coefficient (Wildman–Crippen LogP) is 4.28. The van der Waals surface area contributed by atoms with E-state index in [1.807, 2.05) is 24.3 Å². The number of aromatic nitrogens is 2. The molecule has 0 saturated carbocycles. The van der Waals surface area contributed by atoms with Crippen LogP contribution in [0, 0.1) is 0 Å². The molecule has 0 atom stereocenters. The van der Waals surface area contributed by atoms with Gasteiger partial charge in [-0.1, -0.05) is 24.3 Å². The van der Waals surface area contributed by atoms with Gasteiger partial charge in [-0.15, -0.1) is 0 Å². The van der Waals surface area contributed by atoms with Gasteiger partial charge in [0.2, 0.25) is 0 Å². The van der Waals surface area contributed by atoms with Crippen LogP contribution in [0.2, 0.25) is 0 Å². The smallest absolute Gasteiger partial charge is 0.267 e. The molecule has 4 aromatic rings. The van der Waals surface area contributed by atoms with Gasteiger partial charge in [-0.3, -0.25) is 14.5 Å². The topological polar surface area (TPSA) is 107 Å². The second kappa shape index (κ2) is 9.79. The van der Waals surface area contributed by atoms with E-state index in [1.54, 1.807) is 48.8 Å². The summed E-state index contributed by atoms with van der Waals surface area (Å²) in [5.41, 5.74) is 3.57. The molecule has 0 unspecified atom stereocenters. The van der Waals surface area contributed by atoms with Crippen molar-refractivity contribution in [3.63, 3.8) is 0 Å². The molecule has 35 heavy (non-hydrogen) atoms. The molecule has 2 aromatic heterocycles. The fourth-order valence-electron chi connectivity index (χ4n) is 4.33. The van der Waals surface area contributed by atoms with Gasteiger partial charge in [0.1, 0.15) is 5.69 Å². The minimum atomic E-state index is -3.76. The number of carbonyl (C=O) groups excluding carboxylic acids is 1. The van der Waals surface area contributed by atoms with E-state index < -0.39 is 10.0 Å². The van der Waals surface area contributed by atoms with E-state index in [4.69, 9.17) is 0 Å². The van der Waals surface area contributed by atoms with Crippen LogP contribution >= 0.6 is 0 Å². The largest absolute Gasteiger partial charge is 0.370 e. The predicted molar refractivity (Wildman–Crippen MR) is 137 cm³/mol. The fourth-order valence-corrected chi connectivity index (χ4v) is 5.41. The summed E-state index contributed by atoms with van der Waals surface area (Å²) in [7, 11) is -3.76. The van der Waals surface area contributed by atoms with Gasteiger partial charge in [0.05, 0.1) is 16.3 Å². The van der Waals surface area contributed by atoms with E-state index >= 15 is 0 Å². The van der Waals surface area contributed by atoms with Gasteiger partial charge < -0.3 is 15.2 Å². The van der Waals surface area contributed by atoms with E-state index in [1.165, 1.54) is 6.42 Å². The number of anilines is 2. The third-order valence-corrected chi connectivity index (χ3v) is 7.58. The van der Waals surface area contributed by atoms with Gasteiger partial charge in [0.15, 0.2) is 0 Å². The minimum Gasteiger partial charge on any atom is -0.370 e. The molecule has 3 N–H and O–H groups in total. The zero-order valence-corrected chi connectivity index (χ0v) is 20.0. The van der Waals surface area contributed by atoms with Gasteiger partial charge in [0.25, 0.3) is 15.9 Å². The quantitative estimate of drug-likeness (QED) is 0.359. The molecule has 180 valence electrons. The highest BCUT2D eigenvalue weighted by Gasteiger charge is 2.19. The van der Waals surface area contributed by atoms with Crippen LogP contribution in [0.4, 0.5) is 11.4 Å². The van der Waals surface area contributed by atoms with Crippen LogP contribution in [0.15, 0.2) is 78.0 Å². The van der Waals surface area contributed by atoms with Gasteiger partial charge >= 0.3 is 0 Å². The maximum atomic E-state index is 13.1. The van der Waals surface area contributed by atoms with Crippen LogP contribution in [-0.2, 0) is 16.6 Å². The molecule has 1 fully saturated rings. The van der Waals surface area contributed by atoms with Gasteiger partial charge in [-0.25, -0.2) is 8.42 Å². The number of aromatic amines is 1. The fraction of sp³-hybridized carbons (Fsp3) is 0.231. The molecule has 1 saturated heterocycles. The summed E-state index contributed by atoms with van der Waals surface area (Å²) < 4.78 is 28.9. The number of nitrogens with one attached hydrogen (secondary N) is 3. The Balaban J connectivity index is 1.25. The Kier molecular flexibility index (Phi) is 6.41. The Bertz CT molecular complexity index is 1410. The zero-order valence-electron chi connectivity index (χ0n) is 19.2. The van der Waals surface area contributed by atoms with Crippen LogP contribution in [0.3, 0.4) is 0 Å². The Morgan fingerprint density at radius 1 is 1.00 bits per heavy atom. The number of para-hydroxylation sites is 2. The number of fused-ring (bicyclic) bond motifs is 1. The molecule has 0 spiro atoms. The van der Waals surface area contributed by atoms with Crippen molar-refractivity contribution in [1.29, 1.82) is 0 Å². The van der Waals surface area contributed by atoms with Crippen molar-refractivity contribution in [1.82, 2.24) is 15.3 Å². The molecular formula is C26H27N5O3S.